The van der Waals surface area contributed by atoms with Gasteiger partial charge < -0.3 is 0 Å². The van der Waals surface area contributed by atoms with Gasteiger partial charge in [0.1, 0.15) is 6.04 Å². The number of imidazole rings is 1. The van der Waals surface area contributed by atoms with E-state index in [1.54, 1.807) is 13.1 Å². The average Bonchev–Trinajstić information content (AvgIpc) is 2.56. The molecule has 0 saturated carbocycles. The van der Waals surface area contributed by atoms with Crippen LogP contribution in [0.1, 0.15) is 37.2 Å². The predicted molar refractivity (Wildman–Crippen MR) is 70.5 cm³/mol. The molecule has 6 heteroatoms. The molecule has 0 bridgehead atoms. The molecule has 1 aliphatic rings. The number of nitrogens with zero attached hydrogens (tertiary/aromatic N) is 2. The zero-order valence-electron chi connectivity index (χ0n) is 11.3. The third-order valence-corrected chi connectivity index (χ3v) is 3.47. The van der Waals surface area contributed by atoms with Crippen LogP contribution in [-0.2, 0) is 16.6 Å². The van der Waals surface area contributed by atoms with E-state index in [-0.39, 0.29) is 18.0 Å². The minimum atomic E-state index is -0.615. The fraction of sp³-hybridized carbons (Fsp3) is 0.462. The molecule has 0 radical (unpaired) electrons. The summed E-state index contributed by atoms with van der Waals surface area (Å²) in [6.07, 6.45) is 4.25. The van der Waals surface area contributed by atoms with Crippen LogP contribution in [0, 0.1) is 6.92 Å². The van der Waals surface area contributed by atoms with Crippen molar-refractivity contribution in [1.82, 2.24) is 14.5 Å². The van der Waals surface area contributed by atoms with Gasteiger partial charge in [-0.3, -0.25) is 24.0 Å². The molecule has 6 nitrogen and oxygen atoms in total. The fourth-order valence-electron chi connectivity index (χ4n) is 2.34. The van der Waals surface area contributed by atoms with Crippen LogP contribution < -0.4 is 11.0 Å². The Bertz CT molecular complexity index is 622. The molecule has 2 heterocycles. The number of imide groups is 1. The number of piperidine rings is 1. The normalized spacial score (nSPS) is 20.1. The molecule has 1 N–H and O–H groups in total. The highest BCUT2D eigenvalue weighted by Crippen LogP contribution is 2.21. The van der Waals surface area contributed by atoms with Gasteiger partial charge in [-0.05, 0) is 26.3 Å². The summed E-state index contributed by atoms with van der Waals surface area (Å²) in [6, 6.07) is -0.615. The molecule has 2 rings (SSSR count). The largest absolute Gasteiger partial charge is 0.329 e. The molecule has 1 aliphatic heterocycles. The number of carbonyl (C=O) groups is 2. The Hall–Kier alpha value is -2.11. The molecular weight excluding hydrogens is 246 g/mol. The van der Waals surface area contributed by atoms with E-state index in [0.29, 0.717) is 12.1 Å². The van der Waals surface area contributed by atoms with Crippen molar-refractivity contribution < 1.29 is 9.59 Å². The van der Waals surface area contributed by atoms with Gasteiger partial charge in [-0.15, -0.1) is 0 Å². The van der Waals surface area contributed by atoms with Crippen molar-refractivity contribution in [3.63, 3.8) is 0 Å². The third kappa shape index (κ3) is 2.14. The van der Waals surface area contributed by atoms with Crippen molar-refractivity contribution in [3.8, 4) is 0 Å². The Kier molecular flexibility index (Phi) is 3.42. The van der Waals surface area contributed by atoms with Crippen molar-refractivity contribution in [2.24, 2.45) is 7.05 Å². The lowest BCUT2D eigenvalue weighted by Crippen LogP contribution is -2.44. The molecule has 1 aromatic heterocycles. The van der Waals surface area contributed by atoms with Gasteiger partial charge in [-0.1, -0.05) is 6.08 Å². The molecule has 0 aliphatic carbocycles. The predicted octanol–water partition coefficient (Wildman–Crippen LogP) is 0.506. The molecule has 1 saturated heterocycles. The van der Waals surface area contributed by atoms with E-state index in [0.717, 1.165) is 5.69 Å². The molecule has 1 atom stereocenters. The van der Waals surface area contributed by atoms with Crippen LogP contribution in [-0.4, -0.2) is 20.9 Å². The zero-order chi connectivity index (χ0) is 14.2. The Balaban J connectivity index is 2.56. The van der Waals surface area contributed by atoms with Gasteiger partial charge in [0.15, 0.2) is 0 Å². The topological polar surface area (TPSA) is 73.1 Å². The number of rotatable bonds is 2. The van der Waals surface area contributed by atoms with Crippen LogP contribution in [0.25, 0.3) is 6.08 Å². The number of hydrogen-bond acceptors (Lipinski definition) is 3. The average molecular weight is 263 g/mol. The summed E-state index contributed by atoms with van der Waals surface area (Å²) in [7, 11) is 1.67. The maximum absolute atomic E-state index is 12.2. The highest BCUT2D eigenvalue weighted by Gasteiger charge is 2.31. The zero-order valence-corrected chi connectivity index (χ0v) is 11.3. The monoisotopic (exact) mass is 263 g/mol. The molecule has 2 amide bonds. The summed E-state index contributed by atoms with van der Waals surface area (Å²) in [5, 5.41) is 2.28. The quantitative estimate of drug-likeness (QED) is 0.790. The first-order valence-electron chi connectivity index (χ1n) is 6.21. The van der Waals surface area contributed by atoms with E-state index >= 15 is 0 Å². The van der Waals surface area contributed by atoms with Gasteiger partial charge in [-0.2, -0.15) is 0 Å². The third-order valence-electron chi connectivity index (χ3n) is 3.47. The van der Waals surface area contributed by atoms with Crippen LogP contribution in [0.15, 0.2) is 10.9 Å². The Morgan fingerprint density at radius 1 is 1.32 bits per heavy atom. The maximum atomic E-state index is 12.2. The first-order valence-corrected chi connectivity index (χ1v) is 6.21. The van der Waals surface area contributed by atoms with Gasteiger partial charge in [0.2, 0.25) is 11.8 Å². The summed E-state index contributed by atoms with van der Waals surface area (Å²) < 4.78 is 2.98. The second-order valence-electron chi connectivity index (χ2n) is 4.65. The van der Waals surface area contributed by atoms with Crippen molar-refractivity contribution in [1.29, 1.82) is 0 Å². The van der Waals surface area contributed by atoms with Crippen LogP contribution in [0.2, 0.25) is 0 Å². The van der Waals surface area contributed by atoms with Gasteiger partial charge in [0.25, 0.3) is 0 Å². The summed E-state index contributed by atoms with van der Waals surface area (Å²) in [5.41, 5.74) is 1.28. The van der Waals surface area contributed by atoms with E-state index in [4.69, 9.17) is 0 Å². The van der Waals surface area contributed by atoms with Crippen LogP contribution in [0.5, 0.6) is 0 Å². The molecular formula is C13H17N3O3. The minimum absolute atomic E-state index is 0.236. The first kappa shape index (κ1) is 13.3. The standard InChI is InChI=1S/C13H17N3O3/c1-4-5-9-8(2)15(3)13(19)16(9)10-6-7-11(17)14-12(10)18/h4-5,10H,6-7H2,1-3H3,(H,14,17,18)/b5-4-. The first-order chi connectivity index (χ1) is 8.97. The number of aromatic nitrogens is 2. The van der Waals surface area contributed by atoms with E-state index in [9.17, 15) is 14.4 Å². The van der Waals surface area contributed by atoms with Crippen molar-refractivity contribution in [2.45, 2.75) is 32.7 Å². The van der Waals surface area contributed by atoms with Gasteiger partial charge >= 0.3 is 5.69 Å². The van der Waals surface area contributed by atoms with Crippen molar-refractivity contribution >= 4 is 17.9 Å². The second kappa shape index (κ2) is 4.87. The highest BCUT2D eigenvalue weighted by molar-refractivity contribution is 5.99. The number of carbonyl (C=O) groups excluding carboxylic acids is 2. The smallest absolute Gasteiger partial charge is 0.299 e. The molecule has 1 aromatic rings. The van der Waals surface area contributed by atoms with Crippen molar-refractivity contribution in [3.05, 3.63) is 27.9 Å². The molecule has 0 spiro atoms. The number of nitrogens with one attached hydrogen (secondary N) is 1. The molecule has 0 aromatic carbocycles. The van der Waals surface area contributed by atoms with E-state index in [1.807, 2.05) is 19.9 Å². The Morgan fingerprint density at radius 3 is 2.58 bits per heavy atom. The molecule has 102 valence electrons. The van der Waals surface area contributed by atoms with Gasteiger partial charge in [-0.25, -0.2) is 4.79 Å². The fourth-order valence-corrected chi connectivity index (χ4v) is 2.34. The van der Waals surface area contributed by atoms with Crippen LogP contribution >= 0.6 is 0 Å². The van der Waals surface area contributed by atoms with Crippen molar-refractivity contribution in [2.75, 3.05) is 0 Å². The number of amides is 2. The SMILES string of the molecule is C/C=C\c1c(C)n(C)c(=O)n1C1CCC(=O)NC1=O. The van der Waals surface area contributed by atoms with E-state index in [1.165, 1.54) is 9.13 Å². The number of hydrogen-bond donors (Lipinski definition) is 1. The summed E-state index contributed by atoms with van der Waals surface area (Å²) in [4.78, 5) is 35.3. The van der Waals surface area contributed by atoms with Gasteiger partial charge in [0, 0.05) is 19.2 Å². The lowest BCUT2D eigenvalue weighted by Gasteiger charge is -2.22. The molecule has 19 heavy (non-hydrogen) atoms. The highest BCUT2D eigenvalue weighted by atomic mass is 16.2. The number of allylic oxidation sites excluding steroid dienone is 1. The summed E-state index contributed by atoms with van der Waals surface area (Å²) >= 11 is 0. The van der Waals surface area contributed by atoms with Crippen LogP contribution in [0.3, 0.4) is 0 Å². The minimum Gasteiger partial charge on any atom is -0.299 e. The van der Waals surface area contributed by atoms with Gasteiger partial charge in [0.05, 0.1) is 5.69 Å². The molecule has 1 fully saturated rings. The second-order valence-corrected chi connectivity index (χ2v) is 4.65. The maximum Gasteiger partial charge on any atom is 0.329 e. The lowest BCUT2D eigenvalue weighted by atomic mass is 10.1. The Morgan fingerprint density at radius 2 is 2.00 bits per heavy atom. The van der Waals surface area contributed by atoms with Crippen LogP contribution in [0.4, 0.5) is 0 Å². The van der Waals surface area contributed by atoms with E-state index in [2.05, 4.69) is 5.32 Å². The summed E-state index contributed by atoms with van der Waals surface area (Å²) in [6.45, 7) is 3.69. The lowest BCUT2D eigenvalue weighted by molar-refractivity contribution is -0.135. The van der Waals surface area contributed by atoms with E-state index < -0.39 is 11.9 Å². The molecule has 1 unspecified atom stereocenters. The summed E-state index contributed by atoms with van der Waals surface area (Å²) in [5.74, 6) is -0.691. The Labute approximate surface area is 110 Å².